The third kappa shape index (κ3) is 53.9. The molecule has 6 heteroatoms. The molecule has 0 N–H and O–H groups in total. The molecule has 388 valence electrons. The summed E-state index contributed by atoms with van der Waals surface area (Å²) in [5.41, 5.74) is 0. The van der Waals surface area contributed by atoms with Gasteiger partial charge in [0, 0.05) is 19.3 Å². The average molecular weight is 938 g/mol. The van der Waals surface area contributed by atoms with Crippen LogP contribution in [0.5, 0.6) is 0 Å². The second-order valence-electron chi connectivity index (χ2n) is 19.2. The SMILES string of the molecule is CCC/C=C\C/C=C\CCCCCCCC(=O)OC(COC(=O)CCCCCCC)COC(=O)CCCCCCCCCCCCCCCCCC/C=C\C/C=C\C/C=C\CCCCCCC. The first-order valence-corrected chi connectivity index (χ1v) is 28.8. The molecule has 0 aliphatic carbocycles. The van der Waals surface area contributed by atoms with E-state index >= 15 is 0 Å². The smallest absolute Gasteiger partial charge is 0.306 e. The Morgan fingerprint density at radius 1 is 0.299 bits per heavy atom. The first kappa shape index (κ1) is 64.1. The fourth-order valence-electron chi connectivity index (χ4n) is 8.14. The third-order valence-corrected chi connectivity index (χ3v) is 12.5. The zero-order valence-electron chi connectivity index (χ0n) is 44.4. The van der Waals surface area contributed by atoms with Gasteiger partial charge in [-0.25, -0.2) is 0 Å². The predicted molar refractivity (Wildman–Crippen MR) is 288 cm³/mol. The summed E-state index contributed by atoms with van der Waals surface area (Å²) in [5, 5.41) is 0. The summed E-state index contributed by atoms with van der Waals surface area (Å²) in [6.07, 6.45) is 69.9. The fraction of sp³-hybridized carbons (Fsp3) is 0.787. The zero-order chi connectivity index (χ0) is 48.6. The molecule has 0 aliphatic heterocycles. The van der Waals surface area contributed by atoms with Crippen molar-refractivity contribution in [1.29, 1.82) is 0 Å². The van der Waals surface area contributed by atoms with Crippen LogP contribution in [0.2, 0.25) is 0 Å². The van der Waals surface area contributed by atoms with Gasteiger partial charge in [-0.05, 0) is 83.5 Å². The highest BCUT2D eigenvalue weighted by atomic mass is 16.6. The standard InChI is InChI=1S/C61H108O6/c1-4-7-10-13-15-17-19-21-22-23-24-25-26-27-28-29-30-31-32-33-34-35-36-37-38-40-41-43-45-48-51-54-60(63)66-57-58(56-65-59(62)53-50-47-12-9-6-3)67-61(64)55-52-49-46-44-42-39-20-18-16-14-11-8-5-2/h11,14,18-21,23-24,26-27,58H,4-10,12-13,15-17,22,25,28-57H2,1-3H3/b14-11-,20-18-,21-19-,24-23-,27-26-. The lowest BCUT2D eigenvalue weighted by molar-refractivity contribution is -0.167. The number of ether oxygens (including phenoxy) is 3. The molecule has 67 heavy (non-hydrogen) atoms. The van der Waals surface area contributed by atoms with E-state index in [2.05, 4.69) is 81.5 Å². The molecule has 0 fully saturated rings. The van der Waals surface area contributed by atoms with Gasteiger partial charge in [0.15, 0.2) is 6.10 Å². The Morgan fingerprint density at radius 2 is 0.567 bits per heavy atom. The molecular weight excluding hydrogens is 829 g/mol. The zero-order valence-corrected chi connectivity index (χ0v) is 44.4. The van der Waals surface area contributed by atoms with Gasteiger partial charge < -0.3 is 14.2 Å². The molecule has 0 bridgehead atoms. The first-order chi connectivity index (χ1) is 33.0. The largest absolute Gasteiger partial charge is 0.462 e. The van der Waals surface area contributed by atoms with Crippen molar-refractivity contribution < 1.29 is 28.6 Å². The van der Waals surface area contributed by atoms with Crippen LogP contribution in [0, 0.1) is 0 Å². The number of unbranched alkanes of at least 4 members (excludes halogenated alkanes) is 31. The molecule has 0 amide bonds. The van der Waals surface area contributed by atoms with Crippen molar-refractivity contribution >= 4 is 17.9 Å². The molecule has 0 aromatic rings. The van der Waals surface area contributed by atoms with Crippen LogP contribution in [0.4, 0.5) is 0 Å². The molecule has 0 saturated heterocycles. The molecule has 0 rings (SSSR count). The van der Waals surface area contributed by atoms with E-state index in [1.807, 2.05) is 0 Å². The lowest BCUT2D eigenvalue weighted by Gasteiger charge is -2.18. The van der Waals surface area contributed by atoms with Crippen molar-refractivity contribution in [1.82, 2.24) is 0 Å². The maximum atomic E-state index is 12.7. The van der Waals surface area contributed by atoms with Crippen LogP contribution in [-0.4, -0.2) is 37.2 Å². The lowest BCUT2D eigenvalue weighted by Crippen LogP contribution is -2.30. The summed E-state index contributed by atoms with van der Waals surface area (Å²) < 4.78 is 16.7. The van der Waals surface area contributed by atoms with E-state index in [0.29, 0.717) is 19.3 Å². The Hall–Kier alpha value is -2.89. The van der Waals surface area contributed by atoms with Crippen LogP contribution in [0.25, 0.3) is 0 Å². The van der Waals surface area contributed by atoms with Gasteiger partial charge >= 0.3 is 17.9 Å². The van der Waals surface area contributed by atoms with Gasteiger partial charge in [-0.15, -0.1) is 0 Å². The topological polar surface area (TPSA) is 78.9 Å². The van der Waals surface area contributed by atoms with E-state index in [1.54, 1.807) is 0 Å². The minimum absolute atomic E-state index is 0.0783. The summed E-state index contributed by atoms with van der Waals surface area (Å²) >= 11 is 0. The van der Waals surface area contributed by atoms with Crippen LogP contribution in [0.3, 0.4) is 0 Å². The van der Waals surface area contributed by atoms with Crippen molar-refractivity contribution in [2.75, 3.05) is 13.2 Å². The van der Waals surface area contributed by atoms with Crippen molar-refractivity contribution in [3.63, 3.8) is 0 Å². The van der Waals surface area contributed by atoms with Crippen molar-refractivity contribution in [3.8, 4) is 0 Å². The Bertz CT molecular complexity index is 1210. The number of allylic oxidation sites excluding steroid dienone is 10. The predicted octanol–water partition coefficient (Wildman–Crippen LogP) is 19.2. The monoisotopic (exact) mass is 937 g/mol. The number of rotatable bonds is 52. The van der Waals surface area contributed by atoms with E-state index in [9.17, 15) is 14.4 Å². The van der Waals surface area contributed by atoms with Gasteiger partial charge in [0.2, 0.25) is 0 Å². The Kier molecular flexibility index (Phi) is 53.3. The van der Waals surface area contributed by atoms with Gasteiger partial charge in [0.25, 0.3) is 0 Å². The second-order valence-corrected chi connectivity index (χ2v) is 19.2. The van der Waals surface area contributed by atoms with E-state index in [4.69, 9.17) is 14.2 Å². The Labute approximate surface area is 415 Å². The van der Waals surface area contributed by atoms with Crippen molar-refractivity contribution in [2.45, 2.75) is 297 Å². The molecule has 0 radical (unpaired) electrons. The molecule has 6 nitrogen and oxygen atoms in total. The van der Waals surface area contributed by atoms with Gasteiger partial charge in [0.1, 0.15) is 13.2 Å². The van der Waals surface area contributed by atoms with Gasteiger partial charge in [-0.1, -0.05) is 248 Å². The highest BCUT2D eigenvalue weighted by Crippen LogP contribution is 2.16. The summed E-state index contributed by atoms with van der Waals surface area (Å²) in [5.74, 6) is -0.901. The van der Waals surface area contributed by atoms with E-state index in [0.717, 1.165) is 109 Å². The van der Waals surface area contributed by atoms with Gasteiger partial charge in [0.05, 0.1) is 0 Å². The average Bonchev–Trinajstić information content (AvgIpc) is 3.33. The van der Waals surface area contributed by atoms with Crippen LogP contribution >= 0.6 is 0 Å². The van der Waals surface area contributed by atoms with E-state index in [-0.39, 0.29) is 31.1 Å². The number of carbonyl (C=O) groups excluding carboxylic acids is 3. The van der Waals surface area contributed by atoms with Crippen LogP contribution in [0.1, 0.15) is 290 Å². The minimum Gasteiger partial charge on any atom is -0.462 e. The first-order valence-electron chi connectivity index (χ1n) is 28.8. The number of esters is 3. The fourth-order valence-corrected chi connectivity index (χ4v) is 8.14. The number of carbonyl (C=O) groups is 3. The van der Waals surface area contributed by atoms with Crippen LogP contribution in [-0.2, 0) is 28.6 Å². The maximum Gasteiger partial charge on any atom is 0.306 e. The lowest BCUT2D eigenvalue weighted by atomic mass is 10.0. The quantitative estimate of drug-likeness (QED) is 0.0262. The number of hydrogen-bond donors (Lipinski definition) is 0. The summed E-state index contributed by atoms with van der Waals surface area (Å²) in [6.45, 7) is 6.48. The Morgan fingerprint density at radius 3 is 0.896 bits per heavy atom. The molecule has 0 saturated carbocycles. The highest BCUT2D eigenvalue weighted by molar-refractivity contribution is 5.71. The molecular formula is C61H108O6. The van der Waals surface area contributed by atoms with Gasteiger partial charge in [-0.3, -0.25) is 14.4 Å². The van der Waals surface area contributed by atoms with Crippen molar-refractivity contribution in [3.05, 3.63) is 60.8 Å². The molecule has 1 unspecified atom stereocenters. The van der Waals surface area contributed by atoms with E-state index in [1.165, 1.54) is 141 Å². The van der Waals surface area contributed by atoms with Crippen molar-refractivity contribution in [2.24, 2.45) is 0 Å². The number of hydrogen-bond acceptors (Lipinski definition) is 6. The molecule has 0 aliphatic rings. The molecule has 0 spiro atoms. The summed E-state index contributed by atoms with van der Waals surface area (Å²) in [7, 11) is 0. The van der Waals surface area contributed by atoms with Crippen LogP contribution in [0.15, 0.2) is 60.8 Å². The normalized spacial score (nSPS) is 12.5. The third-order valence-electron chi connectivity index (χ3n) is 12.5. The molecule has 0 aromatic heterocycles. The van der Waals surface area contributed by atoms with Gasteiger partial charge in [-0.2, -0.15) is 0 Å². The highest BCUT2D eigenvalue weighted by Gasteiger charge is 2.19. The maximum absolute atomic E-state index is 12.7. The molecule has 0 aromatic carbocycles. The van der Waals surface area contributed by atoms with Crippen LogP contribution < -0.4 is 0 Å². The Balaban J connectivity index is 3.95. The van der Waals surface area contributed by atoms with E-state index < -0.39 is 6.10 Å². The minimum atomic E-state index is -0.775. The summed E-state index contributed by atoms with van der Waals surface area (Å²) in [4.78, 5) is 37.7. The second kappa shape index (κ2) is 55.7. The molecule has 1 atom stereocenters. The summed E-state index contributed by atoms with van der Waals surface area (Å²) in [6, 6.07) is 0. The molecule has 0 heterocycles.